The smallest absolute Gasteiger partial charge is 0.423 e. The van der Waals surface area contributed by atoms with Gasteiger partial charge >= 0.3 is 7.12 Å². The SMILES string of the molecule is CC(C)(C)Bc1ccc(B(O)O)cc1. The van der Waals surface area contributed by atoms with E-state index in [1.54, 1.807) is 12.1 Å². The molecule has 1 rings (SSSR count). The first kappa shape index (κ1) is 11.3. The van der Waals surface area contributed by atoms with E-state index in [0.29, 0.717) is 5.46 Å². The fourth-order valence-corrected chi connectivity index (χ4v) is 1.42. The Morgan fingerprint density at radius 1 is 1.07 bits per heavy atom. The molecule has 0 aliphatic carbocycles. The third kappa shape index (κ3) is 3.56. The van der Waals surface area contributed by atoms with Crippen LogP contribution in [-0.4, -0.2) is 24.4 Å². The van der Waals surface area contributed by atoms with Crippen molar-refractivity contribution in [1.29, 1.82) is 0 Å². The third-order valence-corrected chi connectivity index (χ3v) is 2.01. The molecule has 0 aromatic heterocycles. The second-order valence-electron chi connectivity index (χ2n) is 4.85. The first-order chi connectivity index (χ1) is 6.38. The molecule has 0 saturated carbocycles. The maximum Gasteiger partial charge on any atom is 0.488 e. The van der Waals surface area contributed by atoms with Crippen LogP contribution in [0.5, 0.6) is 0 Å². The molecule has 0 heterocycles. The predicted molar refractivity (Wildman–Crippen MR) is 62.8 cm³/mol. The Bertz CT molecular complexity index is 288. The molecular formula is C10H16B2O2. The largest absolute Gasteiger partial charge is 0.488 e. The summed E-state index contributed by atoms with van der Waals surface area (Å²) in [5.41, 5.74) is 1.77. The topological polar surface area (TPSA) is 40.5 Å². The van der Waals surface area contributed by atoms with E-state index in [9.17, 15) is 0 Å². The summed E-state index contributed by atoms with van der Waals surface area (Å²) in [6.45, 7) is 6.55. The van der Waals surface area contributed by atoms with Gasteiger partial charge in [0, 0.05) is 0 Å². The van der Waals surface area contributed by atoms with Gasteiger partial charge in [-0.3, -0.25) is 0 Å². The Kier molecular flexibility index (Phi) is 3.40. The van der Waals surface area contributed by atoms with Crippen molar-refractivity contribution in [3.05, 3.63) is 24.3 Å². The molecule has 0 amide bonds. The molecule has 1 aromatic carbocycles. The first-order valence-corrected chi connectivity index (χ1v) is 4.83. The summed E-state index contributed by atoms with van der Waals surface area (Å²) in [4.78, 5) is 0. The van der Waals surface area contributed by atoms with Gasteiger partial charge in [-0.2, -0.15) is 0 Å². The molecule has 0 radical (unpaired) electrons. The first-order valence-electron chi connectivity index (χ1n) is 4.83. The maximum absolute atomic E-state index is 8.90. The normalized spacial score (nSPS) is 11.2. The van der Waals surface area contributed by atoms with Gasteiger partial charge in [-0.1, -0.05) is 55.8 Å². The summed E-state index contributed by atoms with van der Waals surface area (Å²) >= 11 is 0. The highest BCUT2D eigenvalue weighted by atomic mass is 16.4. The molecule has 0 bridgehead atoms. The quantitative estimate of drug-likeness (QED) is 0.625. The van der Waals surface area contributed by atoms with Crippen LogP contribution in [0, 0.1) is 0 Å². The minimum atomic E-state index is -1.36. The Hall–Kier alpha value is -0.730. The van der Waals surface area contributed by atoms with E-state index in [4.69, 9.17) is 10.0 Å². The minimum absolute atomic E-state index is 0.263. The molecule has 0 aliphatic rings. The fourth-order valence-electron chi connectivity index (χ4n) is 1.42. The van der Waals surface area contributed by atoms with Gasteiger partial charge in [0.1, 0.15) is 0 Å². The predicted octanol–water partition coefficient (Wildman–Crippen LogP) is -0.353. The fraction of sp³-hybridized carbons (Fsp3) is 0.400. The van der Waals surface area contributed by atoms with E-state index >= 15 is 0 Å². The number of hydrogen-bond acceptors (Lipinski definition) is 2. The van der Waals surface area contributed by atoms with Crippen molar-refractivity contribution in [3.8, 4) is 0 Å². The van der Waals surface area contributed by atoms with Crippen molar-refractivity contribution in [1.82, 2.24) is 0 Å². The molecule has 14 heavy (non-hydrogen) atoms. The molecule has 2 N–H and O–H groups in total. The highest BCUT2D eigenvalue weighted by Crippen LogP contribution is 2.19. The lowest BCUT2D eigenvalue weighted by Crippen LogP contribution is -2.32. The molecule has 0 fully saturated rings. The average molecular weight is 190 g/mol. The van der Waals surface area contributed by atoms with Gasteiger partial charge in [-0.25, -0.2) is 0 Å². The zero-order valence-electron chi connectivity index (χ0n) is 8.99. The molecule has 74 valence electrons. The Labute approximate surface area is 86.4 Å². The van der Waals surface area contributed by atoms with Gasteiger partial charge in [0.2, 0.25) is 0 Å². The average Bonchev–Trinajstić information content (AvgIpc) is 2.02. The van der Waals surface area contributed by atoms with E-state index in [2.05, 4.69) is 20.8 Å². The van der Waals surface area contributed by atoms with Crippen molar-refractivity contribution in [3.63, 3.8) is 0 Å². The van der Waals surface area contributed by atoms with Crippen LogP contribution in [0.4, 0.5) is 0 Å². The highest BCUT2D eigenvalue weighted by Gasteiger charge is 2.15. The van der Waals surface area contributed by atoms with Crippen molar-refractivity contribution in [2.45, 2.75) is 26.1 Å². The standard InChI is InChI=1S/C10H16B2O2/c1-10(2,3)11-8-4-6-9(7-5-8)12(13)14/h4-7,11,13-14H,1-3H3. The number of benzene rings is 1. The summed E-state index contributed by atoms with van der Waals surface area (Å²) < 4.78 is 0. The third-order valence-electron chi connectivity index (χ3n) is 2.01. The van der Waals surface area contributed by atoms with Crippen LogP contribution in [0.15, 0.2) is 24.3 Å². The maximum atomic E-state index is 8.90. The Morgan fingerprint density at radius 3 is 1.93 bits per heavy atom. The van der Waals surface area contributed by atoms with E-state index in [1.165, 1.54) is 5.46 Å². The summed E-state index contributed by atoms with van der Waals surface area (Å²) in [6, 6.07) is 7.40. The van der Waals surface area contributed by atoms with Gasteiger partial charge in [0.15, 0.2) is 7.28 Å². The second kappa shape index (κ2) is 4.20. The van der Waals surface area contributed by atoms with E-state index in [-0.39, 0.29) is 5.31 Å². The van der Waals surface area contributed by atoms with Gasteiger partial charge in [0.25, 0.3) is 0 Å². The molecule has 0 aliphatic heterocycles. The summed E-state index contributed by atoms with van der Waals surface area (Å²) in [5, 5.41) is 18.1. The van der Waals surface area contributed by atoms with Gasteiger partial charge in [-0.05, 0) is 5.46 Å². The highest BCUT2D eigenvalue weighted by molar-refractivity contribution is 6.59. The van der Waals surface area contributed by atoms with Gasteiger partial charge < -0.3 is 10.0 Å². The number of rotatable bonds is 2. The lowest BCUT2D eigenvalue weighted by Gasteiger charge is -2.16. The molecule has 0 saturated heterocycles. The van der Waals surface area contributed by atoms with E-state index in [1.807, 2.05) is 12.1 Å². The van der Waals surface area contributed by atoms with Crippen LogP contribution >= 0.6 is 0 Å². The molecule has 4 heteroatoms. The van der Waals surface area contributed by atoms with Crippen LogP contribution in [0.2, 0.25) is 5.31 Å². The van der Waals surface area contributed by atoms with Crippen LogP contribution in [0.3, 0.4) is 0 Å². The molecule has 0 atom stereocenters. The molecule has 0 unspecified atom stereocenters. The Balaban J connectivity index is 2.74. The van der Waals surface area contributed by atoms with Crippen molar-refractivity contribution >= 4 is 25.3 Å². The molecule has 0 spiro atoms. The van der Waals surface area contributed by atoms with Crippen molar-refractivity contribution < 1.29 is 10.0 Å². The van der Waals surface area contributed by atoms with E-state index < -0.39 is 7.12 Å². The Morgan fingerprint density at radius 2 is 1.57 bits per heavy atom. The summed E-state index contributed by atoms with van der Waals surface area (Å²) in [6.07, 6.45) is 0. The second-order valence-corrected chi connectivity index (χ2v) is 4.85. The van der Waals surface area contributed by atoms with Crippen LogP contribution < -0.4 is 10.9 Å². The molecule has 1 aromatic rings. The van der Waals surface area contributed by atoms with Gasteiger partial charge in [-0.15, -0.1) is 0 Å². The van der Waals surface area contributed by atoms with Crippen molar-refractivity contribution in [2.75, 3.05) is 0 Å². The van der Waals surface area contributed by atoms with Crippen LogP contribution in [-0.2, 0) is 0 Å². The lowest BCUT2D eigenvalue weighted by molar-refractivity contribution is 0.426. The number of hydrogen-bond donors (Lipinski definition) is 2. The van der Waals surface area contributed by atoms with E-state index in [0.717, 1.165) is 7.28 Å². The molecule has 2 nitrogen and oxygen atoms in total. The lowest BCUT2D eigenvalue weighted by atomic mass is 9.51. The minimum Gasteiger partial charge on any atom is -0.423 e. The molecular weight excluding hydrogens is 174 g/mol. The van der Waals surface area contributed by atoms with Crippen LogP contribution in [0.1, 0.15) is 20.8 Å². The van der Waals surface area contributed by atoms with Crippen LogP contribution in [0.25, 0.3) is 0 Å². The zero-order valence-corrected chi connectivity index (χ0v) is 8.99. The monoisotopic (exact) mass is 190 g/mol. The van der Waals surface area contributed by atoms with Gasteiger partial charge in [0.05, 0.1) is 0 Å². The summed E-state index contributed by atoms with van der Waals surface area (Å²) in [7, 11) is -0.367. The van der Waals surface area contributed by atoms with Crippen molar-refractivity contribution in [2.24, 2.45) is 0 Å². The summed E-state index contributed by atoms with van der Waals surface area (Å²) in [5.74, 6) is 0. The zero-order chi connectivity index (χ0) is 10.8.